The van der Waals surface area contributed by atoms with E-state index in [1.54, 1.807) is 0 Å². The first-order valence-electron chi connectivity index (χ1n) is 2.63. The summed E-state index contributed by atoms with van der Waals surface area (Å²) in [7, 11) is 0. The van der Waals surface area contributed by atoms with E-state index in [-0.39, 0.29) is 0 Å². The van der Waals surface area contributed by atoms with Gasteiger partial charge in [0.2, 0.25) is 0 Å². The van der Waals surface area contributed by atoms with E-state index in [1.165, 1.54) is 6.92 Å². The Hall–Kier alpha value is -1.32. The van der Waals surface area contributed by atoms with E-state index in [1.807, 2.05) is 0 Å². The molecule has 1 atom stereocenters. The molecular weight excluding hydrogens is 136 g/mol. The van der Waals surface area contributed by atoms with E-state index in [9.17, 15) is 9.59 Å². The molecule has 0 saturated carbocycles. The number of carbonyl (C=O) groups is 2. The monoisotopic (exact) mass is 144 g/mol. The molecular formula is C6H8O4. The lowest BCUT2D eigenvalue weighted by Crippen LogP contribution is -2.22. The van der Waals surface area contributed by atoms with Gasteiger partial charge in [0.25, 0.3) is 0 Å². The van der Waals surface area contributed by atoms with Gasteiger partial charge in [0.15, 0.2) is 6.10 Å². The first kappa shape index (κ1) is 8.68. The molecule has 0 rings (SSSR count). The van der Waals surface area contributed by atoms with Crippen LogP contribution in [0.3, 0.4) is 0 Å². The lowest BCUT2D eigenvalue weighted by atomic mass is 10.4. The summed E-state index contributed by atoms with van der Waals surface area (Å²) in [6, 6.07) is 0. The second-order valence-corrected chi connectivity index (χ2v) is 1.62. The number of aliphatic carboxylic acids is 1. The molecule has 0 bridgehead atoms. The number of ether oxygens (including phenoxy) is 1. The van der Waals surface area contributed by atoms with Crippen LogP contribution in [0.25, 0.3) is 0 Å². The van der Waals surface area contributed by atoms with Crippen LogP contribution in [0.1, 0.15) is 6.92 Å². The molecule has 0 aromatic carbocycles. The van der Waals surface area contributed by atoms with E-state index in [2.05, 4.69) is 11.3 Å². The predicted octanol–water partition coefficient (Wildman–Crippen LogP) is 0.189. The SMILES string of the molecule is C=CC(=O)O[C@@H](C)C(=O)O. The van der Waals surface area contributed by atoms with Gasteiger partial charge < -0.3 is 9.84 Å². The molecule has 0 aromatic rings. The second-order valence-electron chi connectivity index (χ2n) is 1.62. The van der Waals surface area contributed by atoms with Gasteiger partial charge in [0.05, 0.1) is 0 Å². The third-order valence-electron chi connectivity index (χ3n) is 0.807. The molecule has 0 unspecified atom stereocenters. The van der Waals surface area contributed by atoms with Crippen LogP contribution in [-0.2, 0) is 14.3 Å². The Morgan fingerprint density at radius 3 is 2.50 bits per heavy atom. The van der Waals surface area contributed by atoms with Crippen LogP contribution in [0.5, 0.6) is 0 Å². The van der Waals surface area contributed by atoms with Crippen molar-refractivity contribution in [3.63, 3.8) is 0 Å². The van der Waals surface area contributed by atoms with Crippen LogP contribution in [0, 0.1) is 0 Å². The summed E-state index contributed by atoms with van der Waals surface area (Å²) in [6.07, 6.45) is -0.190. The fourth-order valence-corrected chi connectivity index (χ4v) is 0.273. The van der Waals surface area contributed by atoms with Crippen LogP contribution < -0.4 is 0 Å². The van der Waals surface area contributed by atoms with Crippen molar-refractivity contribution in [2.24, 2.45) is 0 Å². The normalized spacial score (nSPS) is 11.7. The quantitative estimate of drug-likeness (QED) is 0.453. The van der Waals surface area contributed by atoms with Gasteiger partial charge in [-0.05, 0) is 6.92 Å². The van der Waals surface area contributed by atoms with Gasteiger partial charge in [-0.2, -0.15) is 0 Å². The molecule has 4 nitrogen and oxygen atoms in total. The topological polar surface area (TPSA) is 63.6 Å². The highest BCUT2D eigenvalue weighted by atomic mass is 16.6. The summed E-state index contributed by atoms with van der Waals surface area (Å²) in [5.74, 6) is -1.90. The highest BCUT2D eigenvalue weighted by Crippen LogP contribution is 1.90. The summed E-state index contributed by atoms with van der Waals surface area (Å²) in [5, 5.41) is 8.21. The molecule has 0 aromatic heterocycles. The fourth-order valence-electron chi connectivity index (χ4n) is 0.273. The van der Waals surface area contributed by atoms with Gasteiger partial charge >= 0.3 is 11.9 Å². The van der Waals surface area contributed by atoms with E-state index in [0.717, 1.165) is 6.08 Å². The first-order chi connectivity index (χ1) is 4.57. The van der Waals surface area contributed by atoms with Gasteiger partial charge in [-0.15, -0.1) is 0 Å². The third-order valence-corrected chi connectivity index (χ3v) is 0.807. The largest absolute Gasteiger partial charge is 0.479 e. The van der Waals surface area contributed by atoms with Gasteiger partial charge in [-0.25, -0.2) is 9.59 Å². The van der Waals surface area contributed by atoms with Crippen molar-refractivity contribution in [2.75, 3.05) is 0 Å². The second kappa shape index (κ2) is 3.66. The number of esters is 1. The molecule has 10 heavy (non-hydrogen) atoms. The van der Waals surface area contributed by atoms with E-state index >= 15 is 0 Å². The third kappa shape index (κ3) is 2.86. The summed E-state index contributed by atoms with van der Waals surface area (Å²) in [6.45, 7) is 4.37. The van der Waals surface area contributed by atoms with Crippen molar-refractivity contribution in [3.8, 4) is 0 Å². The number of hydrogen-bond acceptors (Lipinski definition) is 3. The summed E-state index contributed by atoms with van der Waals surface area (Å²) < 4.78 is 4.30. The zero-order chi connectivity index (χ0) is 8.15. The maximum absolute atomic E-state index is 10.3. The summed E-state index contributed by atoms with van der Waals surface area (Å²) in [5.41, 5.74) is 0. The molecule has 0 saturated heterocycles. The minimum absolute atomic E-state index is 0.727. The van der Waals surface area contributed by atoms with Crippen LogP contribution in [-0.4, -0.2) is 23.1 Å². The van der Waals surface area contributed by atoms with Crippen LogP contribution in [0.4, 0.5) is 0 Å². The molecule has 0 aliphatic rings. The first-order valence-corrected chi connectivity index (χ1v) is 2.63. The van der Waals surface area contributed by atoms with E-state index < -0.39 is 18.0 Å². The number of carbonyl (C=O) groups excluding carboxylic acids is 1. The van der Waals surface area contributed by atoms with E-state index in [4.69, 9.17) is 5.11 Å². The molecule has 4 heteroatoms. The molecule has 56 valence electrons. The number of hydrogen-bond donors (Lipinski definition) is 1. The Kier molecular flexibility index (Phi) is 3.17. The van der Waals surface area contributed by atoms with Crippen molar-refractivity contribution < 1.29 is 19.4 Å². The molecule has 0 amide bonds. The van der Waals surface area contributed by atoms with Crippen LogP contribution in [0.15, 0.2) is 12.7 Å². The summed E-state index contributed by atoms with van der Waals surface area (Å²) in [4.78, 5) is 20.4. The maximum Gasteiger partial charge on any atom is 0.344 e. The van der Waals surface area contributed by atoms with Gasteiger partial charge in [0.1, 0.15) is 0 Å². The van der Waals surface area contributed by atoms with Crippen molar-refractivity contribution >= 4 is 11.9 Å². The number of rotatable bonds is 3. The molecule has 0 aliphatic heterocycles. The fraction of sp³-hybridized carbons (Fsp3) is 0.333. The smallest absolute Gasteiger partial charge is 0.344 e. The number of carboxylic acid groups (broad SMARTS) is 1. The van der Waals surface area contributed by atoms with Gasteiger partial charge in [0, 0.05) is 6.08 Å². The zero-order valence-corrected chi connectivity index (χ0v) is 5.53. The summed E-state index contributed by atoms with van der Waals surface area (Å²) >= 11 is 0. The average Bonchev–Trinajstić information content (AvgIpc) is 1.87. The van der Waals surface area contributed by atoms with Gasteiger partial charge in [-0.1, -0.05) is 6.58 Å². The Morgan fingerprint density at radius 2 is 2.20 bits per heavy atom. The molecule has 0 radical (unpaired) electrons. The highest BCUT2D eigenvalue weighted by molar-refractivity contribution is 5.84. The molecule has 0 spiro atoms. The minimum atomic E-state index is -1.17. The van der Waals surface area contributed by atoms with Crippen molar-refractivity contribution in [1.29, 1.82) is 0 Å². The van der Waals surface area contributed by atoms with Crippen molar-refractivity contribution in [2.45, 2.75) is 13.0 Å². The van der Waals surface area contributed by atoms with Crippen LogP contribution in [0.2, 0.25) is 0 Å². The lowest BCUT2D eigenvalue weighted by molar-refractivity contribution is -0.159. The zero-order valence-electron chi connectivity index (χ0n) is 5.53. The lowest BCUT2D eigenvalue weighted by Gasteiger charge is -2.04. The Bertz CT molecular complexity index is 161. The Morgan fingerprint density at radius 1 is 1.70 bits per heavy atom. The average molecular weight is 144 g/mol. The highest BCUT2D eigenvalue weighted by Gasteiger charge is 2.13. The standard InChI is InChI=1S/C6H8O4/c1-3-5(7)10-4(2)6(8)9/h3-4H,1H2,2H3,(H,8,9)/t4-/m0/s1. The Labute approximate surface area is 58.1 Å². The molecule has 0 heterocycles. The predicted molar refractivity (Wildman–Crippen MR) is 33.4 cm³/mol. The number of carboxylic acids is 1. The Balaban J connectivity index is 3.79. The van der Waals surface area contributed by atoms with Crippen LogP contribution >= 0.6 is 0 Å². The minimum Gasteiger partial charge on any atom is -0.479 e. The maximum atomic E-state index is 10.3. The molecule has 0 aliphatic carbocycles. The van der Waals surface area contributed by atoms with Crippen molar-refractivity contribution in [1.82, 2.24) is 0 Å². The van der Waals surface area contributed by atoms with Gasteiger partial charge in [-0.3, -0.25) is 0 Å². The molecule has 0 fully saturated rings. The molecule has 1 N–H and O–H groups in total. The van der Waals surface area contributed by atoms with E-state index in [0.29, 0.717) is 0 Å². The van der Waals surface area contributed by atoms with Crippen molar-refractivity contribution in [3.05, 3.63) is 12.7 Å².